The van der Waals surface area contributed by atoms with Gasteiger partial charge in [0.05, 0.1) is 31.9 Å². The lowest BCUT2D eigenvalue weighted by Crippen LogP contribution is -2.52. The number of rotatable bonds is 4. The average molecular weight is 248 g/mol. The zero-order valence-electron chi connectivity index (χ0n) is 9.16. The second-order valence-corrected chi connectivity index (χ2v) is 5.66. The quantitative estimate of drug-likeness (QED) is 0.711. The van der Waals surface area contributed by atoms with Crippen LogP contribution in [0.15, 0.2) is 0 Å². The molecule has 1 saturated heterocycles. The van der Waals surface area contributed by atoms with Crippen molar-refractivity contribution < 1.29 is 18.3 Å². The Kier molecular flexibility index (Phi) is 4.68. The number of hydrogen-bond acceptors (Lipinski definition) is 5. The summed E-state index contributed by atoms with van der Waals surface area (Å²) in [6.07, 6.45) is 0.244. The topological polar surface area (TPSA) is 90.6 Å². The van der Waals surface area contributed by atoms with Crippen LogP contribution in [0, 0.1) is 11.3 Å². The molecule has 0 aromatic carbocycles. The molecule has 0 bridgehead atoms. The summed E-state index contributed by atoms with van der Waals surface area (Å²) in [6, 6.07) is 1.21. The van der Waals surface area contributed by atoms with Gasteiger partial charge in [-0.15, -0.1) is 0 Å². The predicted octanol–water partition coefficient (Wildman–Crippen LogP) is -0.689. The van der Waals surface area contributed by atoms with Gasteiger partial charge in [-0.1, -0.05) is 6.92 Å². The third kappa shape index (κ3) is 2.52. The molecule has 16 heavy (non-hydrogen) atoms. The normalized spacial score (nSPS) is 24.9. The van der Waals surface area contributed by atoms with E-state index in [1.807, 2.05) is 0 Å². The van der Waals surface area contributed by atoms with E-state index in [2.05, 4.69) is 0 Å². The summed E-state index contributed by atoms with van der Waals surface area (Å²) in [7, 11) is -3.65. The Morgan fingerprint density at radius 2 is 2.38 bits per heavy atom. The summed E-state index contributed by atoms with van der Waals surface area (Å²) in [6.45, 7) is 2.04. The van der Waals surface area contributed by atoms with Gasteiger partial charge in [0, 0.05) is 6.54 Å². The molecule has 0 radical (unpaired) electrons. The number of hydrogen-bond donors (Lipinski definition) is 1. The van der Waals surface area contributed by atoms with Crippen LogP contribution in [0.2, 0.25) is 0 Å². The Labute approximate surface area is 95.5 Å². The van der Waals surface area contributed by atoms with E-state index in [1.165, 1.54) is 4.31 Å². The van der Waals surface area contributed by atoms with Gasteiger partial charge in [-0.25, -0.2) is 8.42 Å². The highest BCUT2D eigenvalue weighted by Crippen LogP contribution is 2.18. The lowest BCUT2D eigenvalue weighted by Gasteiger charge is -2.34. The molecule has 0 saturated carbocycles. The number of nitrogens with zero attached hydrogens (tertiary/aromatic N) is 2. The lowest BCUT2D eigenvalue weighted by molar-refractivity contribution is 0.0107. The minimum Gasteiger partial charge on any atom is -0.395 e. The molecule has 2 atom stereocenters. The van der Waals surface area contributed by atoms with E-state index in [4.69, 9.17) is 15.1 Å². The summed E-state index contributed by atoms with van der Waals surface area (Å²) in [5.41, 5.74) is 0. The minimum absolute atomic E-state index is 0.178. The number of aliphatic hydroxyl groups excluding tert-OH is 1. The van der Waals surface area contributed by atoms with Crippen molar-refractivity contribution in [2.24, 2.45) is 0 Å². The molecule has 92 valence electrons. The van der Waals surface area contributed by atoms with Crippen molar-refractivity contribution in [1.29, 1.82) is 5.26 Å². The molecule has 0 aliphatic carbocycles. The van der Waals surface area contributed by atoms with Crippen molar-refractivity contribution >= 4 is 10.0 Å². The number of ether oxygens (including phenoxy) is 1. The van der Waals surface area contributed by atoms with Gasteiger partial charge in [-0.3, -0.25) is 0 Å². The SMILES string of the molecule is CCC(C#N)S(=O)(=O)N1CCOCC1CO. The van der Waals surface area contributed by atoms with Crippen LogP contribution in [-0.4, -0.2) is 55.5 Å². The smallest absolute Gasteiger partial charge is 0.230 e. The molecule has 1 rings (SSSR count). The predicted molar refractivity (Wildman–Crippen MR) is 57.0 cm³/mol. The van der Waals surface area contributed by atoms with Crippen LogP contribution in [0.25, 0.3) is 0 Å². The molecule has 1 fully saturated rings. The summed E-state index contributed by atoms with van der Waals surface area (Å²) in [5, 5.41) is 16.8. The highest BCUT2D eigenvalue weighted by atomic mass is 32.2. The average Bonchev–Trinajstić information content (AvgIpc) is 2.30. The molecule has 2 unspecified atom stereocenters. The highest BCUT2D eigenvalue weighted by Gasteiger charge is 2.37. The molecule has 7 heteroatoms. The Balaban J connectivity index is 2.93. The molecule has 6 nitrogen and oxygen atoms in total. The van der Waals surface area contributed by atoms with Crippen molar-refractivity contribution in [3.05, 3.63) is 0 Å². The fraction of sp³-hybridized carbons (Fsp3) is 0.889. The molecule has 0 aromatic heterocycles. The maximum absolute atomic E-state index is 12.1. The van der Waals surface area contributed by atoms with Gasteiger partial charge in [-0.2, -0.15) is 9.57 Å². The van der Waals surface area contributed by atoms with E-state index in [9.17, 15) is 8.42 Å². The molecule has 1 aliphatic heterocycles. The lowest BCUT2D eigenvalue weighted by atomic mass is 10.3. The highest BCUT2D eigenvalue weighted by molar-refractivity contribution is 7.90. The maximum Gasteiger partial charge on any atom is 0.230 e. The van der Waals surface area contributed by atoms with Crippen molar-refractivity contribution in [3.8, 4) is 6.07 Å². The van der Waals surface area contributed by atoms with E-state index in [1.54, 1.807) is 13.0 Å². The number of nitriles is 1. The standard InChI is InChI=1S/C9H16N2O4S/c1-2-9(5-10)16(13,14)11-3-4-15-7-8(11)6-12/h8-9,12H,2-4,6-7H2,1H3. The van der Waals surface area contributed by atoms with E-state index in [0.717, 1.165) is 0 Å². The number of sulfonamides is 1. The number of aliphatic hydroxyl groups is 1. The molecule has 1 N–H and O–H groups in total. The monoisotopic (exact) mass is 248 g/mol. The van der Waals surface area contributed by atoms with E-state index >= 15 is 0 Å². The fourth-order valence-corrected chi connectivity index (χ4v) is 3.40. The van der Waals surface area contributed by atoms with Gasteiger partial charge in [0.1, 0.15) is 0 Å². The molecule has 0 amide bonds. The van der Waals surface area contributed by atoms with Crippen LogP contribution < -0.4 is 0 Å². The first-order chi connectivity index (χ1) is 7.57. The number of morpholine rings is 1. The van der Waals surface area contributed by atoms with Gasteiger partial charge in [0.15, 0.2) is 5.25 Å². The third-order valence-corrected chi connectivity index (χ3v) is 4.88. The summed E-state index contributed by atoms with van der Waals surface area (Å²) in [5.74, 6) is 0. The van der Waals surface area contributed by atoms with E-state index < -0.39 is 21.3 Å². The van der Waals surface area contributed by atoms with Crippen molar-refractivity contribution in [2.75, 3.05) is 26.4 Å². The Morgan fingerprint density at radius 3 is 2.88 bits per heavy atom. The van der Waals surface area contributed by atoms with Crippen molar-refractivity contribution in [1.82, 2.24) is 4.31 Å². The Morgan fingerprint density at radius 1 is 1.69 bits per heavy atom. The third-order valence-electron chi connectivity index (χ3n) is 2.59. The van der Waals surface area contributed by atoms with Gasteiger partial charge in [0.25, 0.3) is 0 Å². The molecular formula is C9H16N2O4S. The summed E-state index contributed by atoms with van der Waals surface area (Å²) in [4.78, 5) is 0. The first-order valence-corrected chi connectivity index (χ1v) is 6.67. The van der Waals surface area contributed by atoms with Gasteiger partial charge >= 0.3 is 0 Å². The van der Waals surface area contributed by atoms with Crippen molar-refractivity contribution in [2.45, 2.75) is 24.6 Å². The fourth-order valence-electron chi connectivity index (χ4n) is 1.65. The second-order valence-electron chi connectivity index (χ2n) is 3.59. The van der Waals surface area contributed by atoms with Crippen LogP contribution in [0.1, 0.15) is 13.3 Å². The molecule has 1 aliphatic rings. The van der Waals surface area contributed by atoms with Gasteiger partial charge in [-0.05, 0) is 6.42 Å². The Bertz CT molecular complexity index is 362. The van der Waals surface area contributed by atoms with Crippen LogP contribution in [0.5, 0.6) is 0 Å². The van der Waals surface area contributed by atoms with Crippen LogP contribution in [0.3, 0.4) is 0 Å². The zero-order chi connectivity index (χ0) is 12.2. The van der Waals surface area contributed by atoms with Gasteiger partial charge in [0.2, 0.25) is 10.0 Å². The van der Waals surface area contributed by atoms with E-state index in [-0.39, 0.29) is 26.2 Å². The molecular weight excluding hydrogens is 232 g/mol. The van der Waals surface area contributed by atoms with Crippen LogP contribution >= 0.6 is 0 Å². The van der Waals surface area contributed by atoms with E-state index in [0.29, 0.717) is 6.61 Å². The minimum atomic E-state index is -3.65. The van der Waals surface area contributed by atoms with Crippen LogP contribution in [-0.2, 0) is 14.8 Å². The van der Waals surface area contributed by atoms with Gasteiger partial charge < -0.3 is 9.84 Å². The molecule has 0 spiro atoms. The summed E-state index contributed by atoms with van der Waals surface area (Å²) >= 11 is 0. The first-order valence-electron chi connectivity index (χ1n) is 5.16. The van der Waals surface area contributed by atoms with Crippen molar-refractivity contribution in [3.63, 3.8) is 0 Å². The molecule has 0 aromatic rings. The maximum atomic E-state index is 12.1. The first kappa shape index (κ1) is 13.4. The molecule has 1 heterocycles. The largest absolute Gasteiger partial charge is 0.395 e. The Hall–Kier alpha value is -0.680. The zero-order valence-corrected chi connectivity index (χ0v) is 9.98. The van der Waals surface area contributed by atoms with Crippen LogP contribution in [0.4, 0.5) is 0 Å². The second kappa shape index (κ2) is 5.59. The summed E-state index contributed by atoms with van der Waals surface area (Å²) < 4.78 is 30.4.